The summed E-state index contributed by atoms with van der Waals surface area (Å²) < 4.78 is 12.2. The summed E-state index contributed by atoms with van der Waals surface area (Å²) in [4.78, 5) is 11.3. The smallest absolute Gasteiger partial charge is 0.339 e. The second-order valence-electron chi connectivity index (χ2n) is 4.05. The normalized spacial score (nSPS) is 10.9. The maximum absolute atomic E-state index is 11.3. The monoisotopic (exact) mass is 283 g/mol. The number of nitrogens with zero attached hydrogens (tertiary/aromatic N) is 1. The first kappa shape index (κ1) is 13.7. The first-order valence-electron chi connectivity index (χ1n) is 5.72. The van der Waals surface area contributed by atoms with E-state index in [0.29, 0.717) is 30.3 Å². The molecule has 2 aromatic rings. The van der Waals surface area contributed by atoms with Crippen LogP contribution in [0.15, 0.2) is 22.8 Å². The molecule has 2 heterocycles. The maximum Gasteiger partial charge on any atom is 0.339 e. The molecule has 102 valence electrons. The highest BCUT2D eigenvalue weighted by Crippen LogP contribution is 2.35. The Morgan fingerprint density at radius 1 is 1.58 bits per heavy atom. The molecule has 1 N–H and O–H groups in total. The Hall–Kier alpha value is -1.72. The molecule has 0 spiro atoms. The highest BCUT2D eigenvalue weighted by Gasteiger charge is 2.25. The Morgan fingerprint density at radius 3 is 2.84 bits per heavy atom. The van der Waals surface area contributed by atoms with E-state index in [9.17, 15) is 9.90 Å². The summed E-state index contributed by atoms with van der Waals surface area (Å²) in [6.45, 7) is 2.68. The quantitative estimate of drug-likeness (QED) is 0.916. The van der Waals surface area contributed by atoms with Crippen molar-refractivity contribution in [2.24, 2.45) is 0 Å². The Labute approximate surface area is 115 Å². The average Bonchev–Trinajstić information content (AvgIpc) is 2.93. The summed E-state index contributed by atoms with van der Waals surface area (Å²) in [6, 6.07) is 3.48. The van der Waals surface area contributed by atoms with Crippen LogP contribution in [0.5, 0.6) is 0 Å². The maximum atomic E-state index is 11.3. The molecule has 19 heavy (non-hydrogen) atoms. The van der Waals surface area contributed by atoms with Gasteiger partial charge in [0.05, 0.1) is 23.5 Å². The van der Waals surface area contributed by atoms with Crippen LogP contribution in [0, 0.1) is 6.92 Å². The number of methoxy groups -OCH3 is 1. The largest absolute Gasteiger partial charge is 0.478 e. The van der Waals surface area contributed by atoms with Crippen molar-refractivity contribution in [3.8, 4) is 11.5 Å². The molecule has 0 aromatic carbocycles. The van der Waals surface area contributed by atoms with Gasteiger partial charge < -0.3 is 18.8 Å². The Morgan fingerprint density at radius 2 is 2.32 bits per heavy atom. The molecule has 0 fully saturated rings. The fourth-order valence-corrected chi connectivity index (χ4v) is 2.48. The van der Waals surface area contributed by atoms with Crippen molar-refractivity contribution in [1.82, 2.24) is 4.57 Å². The minimum atomic E-state index is -1.05. The molecule has 0 saturated carbocycles. The zero-order chi connectivity index (χ0) is 14.0. The molecule has 2 rings (SSSR count). The number of halogens is 1. The van der Waals surface area contributed by atoms with Crippen LogP contribution in [0.25, 0.3) is 11.5 Å². The Balaban J connectivity index is 2.62. The van der Waals surface area contributed by atoms with Crippen LogP contribution in [0.1, 0.15) is 16.1 Å². The van der Waals surface area contributed by atoms with E-state index >= 15 is 0 Å². The van der Waals surface area contributed by atoms with Gasteiger partial charge in [-0.25, -0.2) is 4.79 Å². The topological polar surface area (TPSA) is 64.6 Å². The molecule has 0 bridgehead atoms. The van der Waals surface area contributed by atoms with Gasteiger partial charge in [0.1, 0.15) is 5.69 Å². The van der Waals surface area contributed by atoms with E-state index in [-0.39, 0.29) is 10.6 Å². The number of furan rings is 1. The predicted molar refractivity (Wildman–Crippen MR) is 70.7 cm³/mol. The van der Waals surface area contributed by atoms with E-state index in [0.717, 1.165) is 0 Å². The van der Waals surface area contributed by atoms with Gasteiger partial charge in [0.15, 0.2) is 5.76 Å². The van der Waals surface area contributed by atoms with Gasteiger partial charge >= 0.3 is 5.97 Å². The molecular weight excluding hydrogens is 270 g/mol. The fourth-order valence-electron chi connectivity index (χ4n) is 2.06. The first-order chi connectivity index (χ1) is 9.07. The number of rotatable bonds is 5. The lowest BCUT2D eigenvalue weighted by molar-refractivity contribution is 0.0696. The first-order valence-corrected chi connectivity index (χ1v) is 6.10. The molecule has 0 aliphatic rings. The Bertz CT molecular complexity index is 586. The van der Waals surface area contributed by atoms with Crippen molar-refractivity contribution in [3.63, 3.8) is 0 Å². The van der Waals surface area contributed by atoms with Crippen molar-refractivity contribution in [1.29, 1.82) is 0 Å². The molecule has 6 heteroatoms. The third-order valence-corrected chi connectivity index (χ3v) is 3.32. The second kappa shape index (κ2) is 5.50. The number of aromatic carboxylic acids is 1. The van der Waals surface area contributed by atoms with Crippen LogP contribution >= 0.6 is 11.6 Å². The summed E-state index contributed by atoms with van der Waals surface area (Å²) in [5, 5.41) is 9.44. The second-order valence-corrected chi connectivity index (χ2v) is 4.43. The van der Waals surface area contributed by atoms with E-state index in [1.807, 2.05) is 0 Å². The van der Waals surface area contributed by atoms with Gasteiger partial charge in [-0.05, 0) is 19.1 Å². The van der Waals surface area contributed by atoms with Crippen molar-refractivity contribution >= 4 is 17.6 Å². The van der Waals surface area contributed by atoms with Gasteiger partial charge in [0, 0.05) is 19.3 Å². The highest BCUT2D eigenvalue weighted by atomic mass is 35.5. The van der Waals surface area contributed by atoms with Crippen LogP contribution < -0.4 is 0 Å². The minimum absolute atomic E-state index is 0.101. The highest BCUT2D eigenvalue weighted by molar-refractivity contribution is 6.36. The third-order valence-electron chi connectivity index (χ3n) is 2.95. The van der Waals surface area contributed by atoms with Crippen molar-refractivity contribution < 1.29 is 19.1 Å². The summed E-state index contributed by atoms with van der Waals surface area (Å²) in [7, 11) is 1.59. The summed E-state index contributed by atoms with van der Waals surface area (Å²) in [6.07, 6.45) is 1.52. The van der Waals surface area contributed by atoms with E-state index in [1.165, 1.54) is 6.26 Å². The molecule has 0 amide bonds. The third kappa shape index (κ3) is 2.39. The van der Waals surface area contributed by atoms with E-state index in [4.69, 9.17) is 20.8 Å². The number of carboxylic acids is 1. The molecule has 0 unspecified atom stereocenters. The molecule has 0 saturated heterocycles. The molecule has 0 atom stereocenters. The predicted octanol–water partition coefficient (Wildman–Crippen LogP) is 3.05. The van der Waals surface area contributed by atoms with E-state index in [2.05, 4.69) is 0 Å². The van der Waals surface area contributed by atoms with Crippen molar-refractivity contribution in [3.05, 3.63) is 34.7 Å². The van der Waals surface area contributed by atoms with Gasteiger partial charge in [-0.3, -0.25) is 0 Å². The minimum Gasteiger partial charge on any atom is -0.478 e. The lowest BCUT2D eigenvalue weighted by Gasteiger charge is -2.09. The average molecular weight is 284 g/mol. The molecule has 0 aliphatic carbocycles. The van der Waals surface area contributed by atoms with E-state index < -0.39 is 5.97 Å². The number of hydrogen-bond donors (Lipinski definition) is 1. The van der Waals surface area contributed by atoms with Gasteiger partial charge in [-0.2, -0.15) is 0 Å². The van der Waals surface area contributed by atoms with Gasteiger partial charge in [0.25, 0.3) is 0 Å². The molecule has 0 aliphatic heterocycles. The standard InChI is InChI=1S/C13H14ClNO4/c1-8-10(13(16)17)11(14)12(9-4-3-6-19-9)15(8)5-7-18-2/h3-4,6H,5,7H2,1-2H3,(H,16,17). The van der Waals surface area contributed by atoms with Crippen LogP contribution in [0.4, 0.5) is 0 Å². The summed E-state index contributed by atoms with van der Waals surface area (Å²) >= 11 is 6.20. The SMILES string of the molecule is COCCn1c(C)c(C(=O)O)c(Cl)c1-c1ccco1. The molecule has 0 radical (unpaired) electrons. The van der Waals surface area contributed by atoms with Crippen molar-refractivity contribution in [2.45, 2.75) is 13.5 Å². The Kier molecular flexibility index (Phi) is 3.97. The number of ether oxygens (including phenoxy) is 1. The van der Waals surface area contributed by atoms with Gasteiger partial charge in [-0.1, -0.05) is 11.6 Å². The number of carbonyl (C=O) groups is 1. The number of carboxylic acid groups (broad SMARTS) is 1. The number of hydrogen-bond acceptors (Lipinski definition) is 3. The summed E-state index contributed by atoms with van der Waals surface area (Å²) in [5.74, 6) is -0.511. The van der Waals surface area contributed by atoms with Crippen LogP contribution in [-0.2, 0) is 11.3 Å². The molecule has 5 nitrogen and oxygen atoms in total. The molecule has 2 aromatic heterocycles. The summed E-state index contributed by atoms with van der Waals surface area (Å²) in [5.41, 5.74) is 1.25. The number of aromatic nitrogens is 1. The lowest BCUT2D eigenvalue weighted by atomic mass is 10.2. The lowest BCUT2D eigenvalue weighted by Crippen LogP contribution is -2.08. The zero-order valence-corrected chi connectivity index (χ0v) is 11.4. The van der Waals surface area contributed by atoms with Crippen LogP contribution in [-0.4, -0.2) is 29.4 Å². The van der Waals surface area contributed by atoms with Crippen molar-refractivity contribution in [2.75, 3.05) is 13.7 Å². The zero-order valence-electron chi connectivity index (χ0n) is 10.6. The van der Waals surface area contributed by atoms with Crippen LogP contribution in [0.2, 0.25) is 5.02 Å². The van der Waals surface area contributed by atoms with Gasteiger partial charge in [-0.15, -0.1) is 0 Å². The van der Waals surface area contributed by atoms with E-state index in [1.54, 1.807) is 30.7 Å². The van der Waals surface area contributed by atoms with Crippen LogP contribution in [0.3, 0.4) is 0 Å². The molecular formula is C13H14ClNO4. The fraction of sp³-hybridized carbons (Fsp3) is 0.308. The van der Waals surface area contributed by atoms with Gasteiger partial charge in [0.2, 0.25) is 0 Å².